The Morgan fingerprint density at radius 1 is 0.525 bits per heavy atom. The second-order valence-electron chi connectivity index (χ2n) is 9.00. The number of fused-ring (bicyclic) bond motifs is 2. The number of hydrogen-bond acceptors (Lipinski definition) is 5. The van der Waals surface area contributed by atoms with Crippen LogP contribution in [-0.4, -0.2) is 60.1 Å². The van der Waals surface area contributed by atoms with Crippen molar-refractivity contribution >= 4 is 22.1 Å². The van der Waals surface area contributed by atoms with Crippen LogP contribution in [0.1, 0.15) is 27.7 Å². The van der Waals surface area contributed by atoms with Gasteiger partial charge in [-0.05, 0) is 62.6 Å². The van der Waals surface area contributed by atoms with Gasteiger partial charge in [0.1, 0.15) is 11.4 Å². The predicted octanol–water partition coefficient (Wildman–Crippen LogP) is -3.28. The topological polar surface area (TPSA) is 55.0 Å². The Bertz CT molecular complexity index is 1370. The Morgan fingerprint density at radius 2 is 0.900 bits per heavy atom. The Balaban J connectivity index is 0.00000200. The summed E-state index contributed by atoms with van der Waals surface area (Å²) in [5.74, 6) is 1.77. The van der Waals surface area contributed by atoms with Crippen LogP contribution in [0.5, 0.6) is 0 Å². The van der Waals surface area contributed by atoms with Gasteiger partial charge in [-0.15, -0.1) is 0 Å². The zero-order chi connectivity index (χ0) is 25.1. The smallest absolute Gasteiger partial charge is 0.160 e. The second kappa shape index (κ2) is 16.4. The fourth-order valence-corrected chi connectivity index (χ4v) is 4.76. The Morgan fingerprint density at radius 3 is 1.27 bits per heavy atom. The van der Waals surface area contributed by atoms with Crippen LogP contribution in [0.15, 0.2) is 66.7 Å². The molecule has 0 unspecified atom stereocenters. The molecule has 40 heavy (non-hydrogen) atoms. The van der Waals surface area contributed by atoms with Crippen LogP contribution in [-0.2, 0) is 31.9 Å². The molecule has 0 bridgehead atoms. The first-order valence-electron chi connectivity index (χ1n) is 13.0. The number of rotatable bonds is 10. The summed E-state index contributed by atoms with van der Waals surface area (Å²) in [7, 11) is 0. The summed E-state index contributed by atoms with van der Waals surface area (Å²) in [5.41, 5.74) is 5.94. The molecule has 7 nitrogen and oxygen atoms in total. The minimum atomic E-state index is 0. The normalized spacial score (nSPS) is 10.8. The second-order valence-corrected chi connectivity index (χ2v) is 9.00. The van der Waals surface area contributed by atoms with Crippen molar-refractivity contribution in [3.8, 4) is 23.0 Å². The molecular formula is C29H35Cl3N7V-3. The van der Waals surface area contributed by atoms with Crippen molar-refractivity contribution in [1.82, 2.24) is 33.9 Å². The van der Waals surface area contributed by atoms with Gasteiger partial charge in [0, 0.05) is 18.6 Å². The maximum Gasteiger partial charge on any atom is 0.160 e. The van der Waals surface area contributed by atoms with E-state index in [0.29, 0.717) is 0 Å². The standard InChI is InChI=1S/C29H35N7.3ClH.V/c1-5-33(6-2)20-35-26-18-11-9-14-22(26)31-28(35)24-16-13-17-25(30-24)29-32-23-15-10-12-19-27(23)36(29)21-34(7-3)8-4;;;;/h9-19H,5-8,20-21H2,1-4H3;3*1H;/p-3. The number of benzene rings is 2. The van der Waals surface area contributed by atoms with E-state index in [1.54, 1.807) is 0 Å². The van der Waals surface area contributed by atoms with Gasteiger partial charge in [-0.3, -0.25) is 9.80 Å². The molecule has 215 valence electrons. The third-order valence-electron chi connectivity index (χ3n) is 6.99. The molecule has 0 saturated heterocycles. The summed E-state index contributed by atoms with van der Waals surface area (Å²) in [6.45, 7) is 14.2. The largest absolute Gasteiger partial charge is 1.00 e. The van der Waals surface area contributed by atoms with E-state index in [4.69, 9.17) is 15.0 Å². The Kier molecular flexibility index (Phi) is 14.7. The average molecular weight is 639 g/mol. The van der Waals surface area contributed by atoms with E-state index < -0.39 is 0 Å². The monoisotopic (exact) mass is 637 g/mol. The zero-order valence-corrected chi connectivity index (χ0v) is 27.0. The molecule has 3 heterocycles. The van der Waals surface area contributed by atoms with Crippen LogP contribution in [0.3, 0.4) is 0 Å². The molecule has 0 atom stereocenters. The molecule has 1 radical (unpaired) electrons. The van der Waals surface area contributed by atoms with Crippen LogP contribution >= 0.6 is 0 Å². The molecule has 0 aliphatic heterocycles. The van der Waals surface area contributed by atoms with E-state index in [1.807, 2.05) is 12.1 Å². The van der Waals surface area contributed by atoms with Crippen LogP contribution in [0.25, 0.3) is 45.1 Å². The van der Waals surface area contributed by atoms with E-state index >= 15 is 0 Å². The quantitative estimate of drug-likeness (QED) is 0.161. The van der Waals surface area contributed by atoms with Crippen molar-refractivity contribution in [2.45, 2.75) is 41.0 Å². The summed E-state index contributed by atoms with van der Waals surface area (Å²) in [6.07, 6.45) is 0. The van der Waals surface area contributed by atoms with E-state index in [0.717, 1.165) is 84.6 Å². The number of pyridine rings is 1. The summed E-state index contributed by atoms with van der Waals surface area (Å²) < 4.78 is 4.57. The van der Waals surface area contributed by atoms with Crippen LogP contribution in [0, 0.1) is 0 Å². The van der Waals surface area contributed by atoms with Gasteiger partial charge in [0.15, 0.2) is 11.6 Å². The van der Waals surface area contributed by atoms with Gasteiger partial charge in [0.05, 0.1) is 35.4 Å². The number of para-hydroxylation sites is 4. The number of halogens is 3. The summed E-state index contributed by atoms with van der Waals surface area (Å²) >= 11 is 0. The molecule has 5 aromatic rings. The van der Waals surface area contributed by atoms with E-state index in [-0.39, 0.29) is 55.8 Å². The number of aromatic nitrogens is 5. The first-order valence-corrected chi connectivity index (χ1v) is 13.0. The van der Waals surface area contributed by atoms with Gasteiger partial charge in [-0.25, -0.2) is 15.0 Å². The zero-order valence-electron chi connectivity index (χ0n) is 23.3. The van der Waals surface area contributed by atoms with E-state index in [1.165, 1.54) is 0 Å². The molecular weight excluding hydrogens is 604 g/mol. The summed E-state index contributed by atoms with van der Waals surface area (Å²) in [4.78, 5) is 20.0. The van der Waals surface area contributed by atoms with Gasteiger partial charge < -0.3 is 46.4 Å². The molecule has 5 rings (SSSR count). The van der Waals surface area contributed by atoms with Crippen LogP contribution < -0.4 is 37.2 Å². The molecule has 0 aliphatic carbocycles. The molecule has 0 spiro atoms. The van der Waals surface area contributed by atoms with Crippen molar-refractivity contribution in [2.24, 2.45) is 0 Å². The maximum atomic E-state index is 5.14. The molecule has 0 N–H and O–H groups in total. The van der Waals surface area contributed by atoms with Crippen molar-refractivity contribution in [3.63, 3.8) is 0 Å². The van der Waals surface area contributed by atoms with Crippen molar-refractivity contribution in [3.05, 3.63) is 66.7 Å². The fourth-order valence-electron chi connectivity index (χ4n) is 4.76. The third-order valence-corrected chi connectivity index (χ3v) is 6.99. The summed E-state index contributed by atoms with van der Waals surface area (Å²) in [5, 5.41) is 0. The molecule has 2 aromatic carbocycles. The molecule has 3 aromatic heterocycles. The molecule has 11 heteroatoms. The van der Waals surface area contributed by atoms with Gasteiger partial charge in [0.2, 0.25) is 0 Å². The minimum Gasteiger partial charge on any atom is -1.00 e. The molecule has 0 aliphatic rings. The van der Waals surface area contributed by atoms with Crippen LogP contribution in [0.4, 0.5) is 0 Å². The van der Waals surface area contributed by atoms with E-state index in [9.17, 15) is 0 Å². The van der Waals surface area contributed by atoms with Crippen molar-refractivity contribution < 1.29 is 55.8 Å². The van der Waals surface area contributed by atoms with Crippen molar-refractivity contribution in [2.75, 3.05) is 26.2 Å². The summed E-state index contributed by atoms with van der Waals surface area (Å²) in [6, 6.07) is 22.8. The van der Waals surface area contributed by atoms with Gasteiger partial charge in [-0.2, -0.15) is 0 Å². The van der Waals surface area contributed by atoms with Crippen LogP contribution in [0.2, 0.25) is 0 Å². The molecule has 0 amide bonds. The minimum absolute atomic E-state index is 0. The maximum absolute atomic E-state index is 5.14. The fraction of sp³-hybridized carbons (Fsp3) is 0.345. The number of imidazole rings is 2. The van der Waals surface area contributed by atoms with Gasteiger partial charge in [-0.1, -0.05) is 58.0 Å². The Hall–Kier alpha value is -2.10. The third kappa shape index (κ3) is 7.21. The first kappa shape index (κ1) is 35.9. The Labute approximate surface area is 267 Å². The predicted molar refractivity (Wildman–Crippen MR) is 148 cm³/mol. The van der Waals surface area contributed by atoms with Gasteiger partial charge >= 0.3 is 0 Å². The molecule has 0 saturated carbocycles. The first-order chi connectivity index (χ1) is 17.7. The van der Waals surface area contributed by atoms with E-state index in [2.05, 4.69) is 101 Å². The number of nitrogens with zero attached hydrogens (tertiary/aromatic N) is 7. The molecule has 0 fully saturated rings. The van der Waals surface area contributed by atoms with Gasteiger partial charge in [0.25, 0.3) is 0 Å². The average Bonchev–Trinajstić information content (AvgIpc) is 3.48. The SMILES string of the molecule is CCN(CC)Cn1c(-c2cccc(-c3nc4ccccc4n3CN(CC)CC)n2)nc2ccccc21.[Cl-].[Cl-].[Cl-].[V]. The van der Waals surface area contributed by atoms with Crippen molar-refractivity contribution in [1.29, 1.82) is 0 Å². The number of hydrogen-bond donors (Lipinski definition) is 0.